The van der Waals surface area contributed by atoms with E-state index in [-0.39, 0.29) is 11.3 Å². The number of thiophene rings is 1. The summed E-state index contributed by atoms with van der Waals surface area (Å²) in [6.45, 7) is 5.11. The minimum atomic E-state index is -0.667. The number of hydrogen-bond acceptors (Lipinski definition) is 6. The van der Waals surface area contributed by atoms with E-state index in [1.807, 2.05) is 55.6 Å². The molecule has 1 aliphatic heterocycles. The predicted molar refractivity (Wildman–Crippen MR) is 137 cm³/mol. The molecule has 6 nitrogen and oxygen atoms in total. The zero-order chi connectivity index (χ0) is 24.9. The van der Waals surface area contributed by atoms with Crippen molar-refractivity contribution in [3.05, 3.63) is 92.7 Å². The van der Waals surface area contributed by atoms with E-state index in [1.54, 1.807) is 30.2 Å². The standard InChI is InChI=1S/C28H29NO5S/c1-18-12-15-35-27(18)24-23(26(31)28(32)29(24)13-7-14-33-3)25(30)21-10-11-22(19(2)16-21)34-17-20-8-5-4-6-9-20/h4-6,8-12,15-16,24,30H,7,13-14,17H2,1-3H3/b25-23-. The molecule has 0 aliphatic carbocycles. The molecule has 1 saturated heterocycles. The fourth-order valence-corrected chi connectivity index (χ4v) is 5.32. The minimum Gasteiger partial charge on any atom is -0.507 e. The summed E-state index contributed by atoms with van der Waals surface area (Å²) in [6.07, 6.45) is 0.594. The summed E-state index contributed by atoms with van der Waals surface area (Å²) in [7, 11) is 1.60. The lowest BCUT2D eigenvalue weighted by molar-refractivity contribution is -0.140. The van der Waals surface area contributed by atoms with Crippen LogP contribution in [0, 0.1) is 13.8 Å². The second kappa shape index (κ2) is 10.9. The number of ether oxygens (including phenoxy) is 2. The Morgan fingerprint density at radius 2 is 1.83 bits per heavy atom. The highest BCUT2D eigenvalue weighted by Gasteiger charge is 2.46. The lowest BCUT2D eigenvalue weighted by atomic mass is 9.97. The number of aliphatic hydroxyl groups is 1. The number of carbonyl (C=O) groups is 2. The number of rotatable bonds is 9. The van der Waals surface area contributed by atoms with E-state index in [1.165, 1.54) is 11.3 Å². The summed E-state index contributed by atoms with van der Waals surface area (Å²) in [4.78, 5) is 28.5. The van der Waals surface area contributed by atoms with Gasteiger partial charge in [0.1, 0.15) is 18.1 Å². The number of aliphatic hydroxyl groups excluding tert-OH is 1. The highest BCUT2D eigenvalue weighted by atomic mass is 32.1. The van der Waals surface area contributed by atoms with Gasteiger partial charge in [-0.25, -0.2) is 0 Å². The summed E-state index contributed by atoms with van der Waals surface area (Å²) in [5.74, 6) is -0.746. The van der Waals surface area contributed by atoms with Gasteiger partial charge < -0.3 is 19.5 Å². The van der Waals surface area contributed by atoms with Gasteiger partial charge in [0.05, 0.1) is 11.6 Å². The molecule has 4 rings (SSSR count). The van der Waals surface area contributed by atoms with Gasteiger partial charge in [-0.15, -0.1) is 11.3 Å². The van der Waals surface area contributed by atoms with Crippen molar-refractivity contribution in [1.82, 2.24) is 4.90 Å². The van der Waals surface area contributed by atoms with E-state index in [2.05, 4.69) is 0 Å². The number of nitrogens with zero attached hydrogens (tertiary/aromatic N) is 1. The van der Waals surface area contributed by atoms with Crippen molar-refractivity contribution in [3.63, 3.8) is 0 Å². The predicted octanol–water partition coefficient (Wildman–Crippen LogP) is 5.40. The van der Waals surface area contributed by atoms with E-state index in [0.29, 0.717) is 37.5 Å². The van der Waals surface area contributed by atoms with Gasteiger partial charge >= 0.3 is 0 Å². The van der Waals surface area contributed by atoms with Crippen LogP contribution in [0.25, 0.3) is 5.76 Å². The van der Waals surface area contributed by atoms with Gasteiger partial charge in [0.25, 0.3) is 11.7 Å². The molecule has 1 amide bonds. The molecule has 182 valence electrons. The lowest BCUT2D eigenvalue weighted by Crippen LogP contribution is -2.31. The van der Waals surface area contributed by atoms with Gasteiger partial charge in [-0.2, -0.15) is 0 Å². The first-order chi connectivity index (χ1) is 16.9. The summed E-state index contributed by atoms with van der Waals surface area (Å²) >= 11 is 1.48. The fourth-order valence-electron chi connectivity index (χ4n) is 4.28. The lowest BCUT2D eigenvalue weighted by Gasteiger charge is -2.24. The summed E-state index contributed by atoms with van der Waals surface area (Å²) in [5, 5.41) is 13.2. The van der Waals surface area contributed by atoms with Crippen LogP contribution in [-0.4, -0.2) is 42.0 Å². The second-order valence-corrected chi connectivity index (χ2v) is 9.51. The fraction of sp³-hybridized carbons (Fsp3) is 0.286. The largest absolute Gasteiger partial charge is 0.507 e. The first-order valence-corrected chi connectivity index (χ1v) is 12.4. The maximum atomic E-state index is 13.1. The van der Waals surface area contributed by atoms with Crippen molar-refractivity contribution in [2.24, 2.45) is 0 Å². The normalized spacial score (nSPS) is 17.2. The van der Waals surface area contributed by atoms with E-state index in [4.69, 9.17) is 9.47 Å². The van der Waals surface area contributed by atoms with Crippen LogP contribution in [0.4, 0.5) is 0 Å². The topological polar surface area (TPSA) is 76.1 Å². The molecule has 35 heavy (non-hydrogen) atoms. The number of methoxy groups -OCH3 is 1. The summed E-state index contributed by atoms with van der Waals surface area (Å²) in [6, 6.07) is 16.5. The van der Waals surface area contributed by atoms with Crippen LogP contribution in [0.15, 0.2) is 65.6 Å². The molecule has 0 bridgehead atoms. The Hall–Kier alpha value is -3.42. The van der Waals surface area contributed by atoms with Gasteiger partial charge in [0.15, 0.2) is 0 Å². The highest BCUT2D eigenvalue weighted by Crippen LogP contribution is 2.42. The Morgan fingerprint density at radius 3 is 2.49 bits per heavy atom. The minimum absolute atomic E-state index is 0.121. The molecule has 7 heteroatoms. The van der Waals surface area contributed by atoms with Crippen LogP contribution >= 0.6 is 11.3 Å². The molecule has 0 radical (unpaired) electrons. The van der Waals surface area contributed by atoms with Crippen molar-refractivity contribution in [2.75, 3.05) is 20.3 Å². The van der Waals surface area contributed by atoms with Gasteiger partial charge in [0, 0.05) is 30.7 Å². The number of hydrogen-bond donors (Lipinski definition) is 1. The van der Waals surface area contributed by atoms with Gasteiger partial charge in [0.2, 0.25) is 0 Å². The first-order valence-electron chi connectivity index (χ1n) is 11.5. The highest BCUT2D eigenvalue weighted by molar-refractivity contribution is 7.10. The molecule has 1 N–H and O–H groups in total. The van der Waals surface area contributed by atoms with Crippen LogP contribution in [0.3, 0.4) is 0 Å². The average Bonchev–Trinajstić information content (AvgIpc) is 3.39. The molecule has 1 aliphatic rings. The number of ketones is 1. The Labute approximate surface area is 209 Å². The molecule has 2 aromatic carbocycles. The zero-order valence-corrected chi connectivity index (χ0v) is 20.9. The van der Waals surface area contributed by atoms with Crippen LogP contribution in [0.5, 0.6) is 5.75 Å². The molecule has 1 unspecified atom stereocenters. The molecule has 1 fully saturated rings. The Kier molecular flexibility index (Phi) is 7.68. The molecular weight excluding hydrogens is 462 g/mol. The molecule has 2 heterocycles. The molecule has 1 aromatic heterocycles. The third-order valence-electron chi connectivity index (χ3n) is 6.12. The summed E-state index contributed by atoms with van der Waals surface area (Å²) < 4.78 is 11.1. The van der Waals surface area contributed by atoms with Gasteiger partial charge in [-0.1, -0.05) is 30.3 Å². The van der Waals surface area contributed by atoms with E-state index in [0.717, 1.165) is 21.6 Å². The SMILES string of the molecule is COCCCN1C(=O)C(=O)/C(=C(\O)c2ccc(OCc3ccccc3)c(C)c2)C1c1sccc1C. The molecule has 3 aromatic rings. The monoisotopic (exact) mass is 491 g/mol. The molecule has 0 saturated carbocycles. The third kappa shape index (κ3) is 5.16. The van der Waals surface area contributed by atoms with Crippen molar-refractivity contribution >= 4 is 28.8 Å². The second-order valence-electron chi connectivity index (χ2n) is 8.56. The Balaban J connectivity index is 1.67. The van der Waals surface area contributed by atoms with Crippen molar-refractivity contribution in [2.45, 2.75) is 32.9 Å². The number of amides is 1. The Bertz CT molecular complexity index is 1250. The summed E-state index contributed by atoms with van der Waals surface area (Å²) in [5.41, 5.74) is 3.45. The zero-order valence-electron chi connectivity index (χ0n) is 20.1. The molecule has 1 atom stereocenters. The number of aryl methyl sites for hydroxylation is 2. The van der Waals surface area contributed by atoms with E-state index < -0.39 is 17.7 Å². The van der Waals surface area contributed by atoms with Gasteiger partial charge in [-0.05, 0) is 66.6 Å². The maximum absolute atomic E-state index is 13.1. The van der Waals surface area contributed by atoms with Crippen molar-refractivity contribution in [1.29, 1.82) is 0 Å². The first kappa shape index (κ1) is 24.7. The quantitative estimate of drug-likeness (QED) is 0.188. The van der Waals surface area contributed by atoms with E-state index in [9.17, 15) is 14.7 Å². The van der Waals surface area contributed by atoms with Crippen molar-refractivity contribution in [3.8, 4) is 5.75 Å². The van der Waals surface area contributed by atoms with Crippen molar-refractivity contribution < 1.29 is 24.2 Å². The number of Topliss-reactive ketones (excluding diaryl/α,β-unsaturated/α-hetero) is 1. The molecule has 0 spiro atoms. The third-order valence-corrected chi connectivity index (χ3v) is 7.19. The van der Waals surface area contributed by atoms with Crippen LogP contribution < -0.4 is 4.74 Å². The van der Waals surface area contributed by atoms with Crippen LogP contribution in [-0.2, 0) is 20.9 Å². The van der Waals surface area contributed by atoms with Crippen LogP contribution in [0.2, 0.25) is 0 Å². The van der Waals surface area contributed by atoms with Crippen LogP contribution in [0.1, 0.15) is 39.6 Å². The van der Waals surface area contributed by atoms with E-state index >= 15 is 0 Å². The average molecular weight is 492 g/mol. The maximum Gasteiger partial charge on any atom is 0.295 e. The van der Waals surface area contributed by atoms with Gasteiger partial charge in [-0.3, -0.25) is 9.59 Å². The number of carbonyl (C=O) groups excluding carboxylic acids is 2. The molecular formula is C28H29NO5S. The Morgan fingerprint density at radius 1 is 1.06 bits per heavy atom. The number of benzene rings is 2. The smallest absolute Gasteiger partial charge is 0.295 e. The number of likely N-dealkylation sites (tertiary alicyclic amines) is 1.